The van der Waals surface area contributed by atoms with E-state index in [-0.39, 0.29) is 6.61 Å². The summed E-state index contributed by atoms with van der Waals surface area (Å²) in [4.78, 5) is 12.0. The standard InChI is InChI=1S/C17H24BNO5/c1-16(2)17(3,4)24-18(23-16)12(10-20)8-11-6-7-13(19)9-14(11)15(21)22-5/h6-9,20H,10,19H2,1-5H3. The molecule has 0 aliphatic carbocycles. The molecule has 1 saturated heterocycles. The maximum absolute atomic E-state index is 12.0. The molecule has 0 atom stereocenters. The van der Waals surface area contributed by atoms with Crippen LogP contribution in [0.5, 0.6) is 0 Å². The smallest absolute Gasteiger partial charge is 0.465 e. The average Bonchev–Trinajstić information content (AvgIpc) is 2.73. The van der Waals surface area contributed by atoms with Gasteiger partial charge in [-0.05, 0) is 50.9 Å². The Morgan fingerprint density at radius 1 is 1.29 bits per heavy atom. The van der Waals surface area contributed by atoms with Crippen molar-refractivity contribution in [1.29, 1.82) is 0 Å². The van der Waals surface area contributed by atoms with Crippen LogP contribution in [0.15, 0.2) is 23.7 Å². The molecule has 6 nitrogen and oxygen atoms in total. The highest BCUT2D eigenvalue weighted by atomic mass is 16.7. The van der Waals surface area contributed by atoms with Crippen LogP contribution < -0.4 is 5.73 Å². The van der Waals surface area contributed by atoms with Gasteiger partial charge < -0.3 is 24.9 Å². The Labute approximate surface area is 142 Å². The highest BCUT2D eigenvalue weighted by Crippen LogP contribution is 2.38. The highest BCUT2D eigenvalue weighted by molar-refractivity contribution is 6.55. The second-order valence-electron chi connectivity index (χ2n) is 6.80. The van der Waals surface area contributed by atoms with E-state index in [1.807, 2.05) is 27.7 Å². The number of rotatable bonds is 4. The van der Waals surface area contributed by atoms with Gasteiger partial charge in [-0.2, -0.15) is 0 Å². The number of benzene rings is 1. The quantitative estimate of drug-likeness (QED) is 0.498. The number of carbonyl (C=O) groups is 1. The third-order valence-electron chi connectivity index (χ3n) is 4.56. The molecule has 0 bridgehead atoms. The number of nitrogens with two attached hydrogens (primary N) is 1. The third kappa shape index (κ3) is 3.48. The first kappa shape index (κ1) is 18.5. The van der Waals surface area contributed by atoms with Crippen molar-refractivity contribution in [3.05, 3.63) is 34.8 Å². The number of aliphatic hydroxyl groups is 1. The first-order valence-electron chi connectivity index (χ1n) is 7.76. The molecule has 1 heterocycles. The summed E-state index contributed by atoms with van der Waals surface area (Å²) in [5.41, 5.74) is 6.59. The van der Waals surface area contributed by atoms with E-state index < -0.39 is 24.3 Å². The lowest BCUT2D eigenvalue weighted by molar-refractivity contribution is 0.00578. The lowest BCUT2D eigenvalue weighted by Gasteiger charge is -2.32. The molecule has 130 valence electrons. The fourth-order valence-corrected chi connectivity index (χ4v) is 2.37. The summed E-state index contributed by atoms with van der Waals surface area (Å²) in [5.74, 6) is -0.500. The van der Waals surface area contributed by atoms with Crippen LogP contribution in [0, 0.1) is 0 Å². The summed E-state index contributed by atoms with van der Waals surface area (Å²) in [6, 6.07) is 4.91. The van der Waals surface area contributed by atoms with E-state index in [2.05, 4.69) is 0 Å². The Balaban J connectivity index is 2.41. The summed E-state index contributed by atoms with van der Waals surface area (Å²) in [5, 5.41) is 9.76. The van der Waals surface area contributed by atoms with Gasteiger partial charge in [0.1, 0.15) is 0 Å². The Hall–Kier alpha value is -1.83. The molecular weight excluding hydrogens is 309 g/mol. The molecule has 1 aliphatic heterocycles. The van der Waals surface area contributed by atoms with E-state index in [1.54, 1.807) is 18.2 Å². The number of ether oxygens (including phenoxy) is 1. The number of hydrogen-bond donors (Lipinski definition) is 2. The maximum atomic E-state index is 12.0. The van der Waals surface area contributed by atoms with Crippen LogP contribution in [-0.2, 0) is 14.0 Å². The summed E-state index contributed by atoms with van der Waals surface area (Å²) < 4.78 is 16.7. The van der Waals surface area contributed by atoms with Crippen LogP contribution in [0.1, 0.15) is 43.6 Å². The summed E-state index contributed by atoms with van der Waals surface area (Å²) in [6.07, 6.45) is 1.67. The van der Waals surface area contributed by atoms with Crippen molar-refractivity contribution in [1.82, 2.24) is 0 Å². The van der Waals surface area contributed by atoms with Gasteiger partial charge in [0.2, 0.25) is 0 Å². The van der Waals surface area contributed by atoms with Gasteiger partial charge in [-0.25, -0.2) is 4.79 Å². The lowest BCUT2D eigenvalue weighted by Crippen LogP contribution is -2.41. The molecule has 0 unspecified atom stereocenters. The van der Waals surface area contributed by atoms with Crippen LogP contribution in [0.3, 0.4) is 0 Å². The number of carbonyl (C=O) groups excluding carboxylic acids is 1. The van der Waals surface area contributed by atoms with Gasteiger partial charge in [0.05, 0.1) is 30.5 Å². The molecule has 1 aromatic carbocycles. The van der Waals surface area contributed by atoms with E-state index in [0.29, 0.717) is 22.3 Å². The van der Waals surface area contributed by atoms with E-state index in [1.165, 1.54) is 13.2 Å². The second-order valence-corrected chi connectivity index (χ2v) is 6.80. The molecule has 7 heteroatoms. The number of methoxy groups -OCH3 is 1. The molecule has 1 aromatic rings. The minimum atomic E-state index is -0.692. The van der Waals surface area contributed by atoms with Crippen molar-refractivity contribution >= 4 is 24.9 Å². The van der Waals surface area contributed by atoms with Crippen LogP contribution in [0.2, 0.25) is 0 Å². The predicted molar refractivity (Wildman–Crippen MR) is 93.3 cm³/mol. The molecule has 1 aliphatic rings. The van der Waals surface area contributed by atoms with Gasteiger partial charge in [0.25, 0.3) is 0 Å². The molecule has 1 fully saturated rings. The summed E-state index contributed by atoms with van der Waals surface area (Å²) >= 11 is 0. The fourth-order valence-electron chi connectivity index (χ4n) is 2.37. The lowest BCUT2D eigenvalue weighted by atomic mass is 9.77. The largest absolute Gasteiger partial charge is 0.492 e. The molecular formula is C17H24BNO5. The molecule has 0 amide bonds. The van der Waals surface area contributed by atoms with Gasteiger partial charge >= 0.3 is 13.1 Å². The van der Waals surface area contributed by atoms with Crippen LogP contribution >= 0.6 is 0 Å². The fraction of sp³-hybridized carbons (Fsp3) is 0.471. The Bertz CT molecular complexity index is 653. The van der Waals surface area contributed by atoms with Crippen LogP contribution in [-0.4, -0.2) is 43.1 Å². The predicted octanol–water partition coefficient (Wildman–Crippen LogP) is 2.06. The van der Waals surface area contributed by atoms with E-state index >= 15 is 0 Å². The Kier molecular flexibility index (Phi) is 5.08. The van der Waals surface area contributed by atoms with Crippen molar-refractivity contribution in [2.75, 3.05) is 19.5 Å². The maximum Gasteiger partial charge on any atom is 0.492 e. The van der Waals surface area contributed by atoms with Crippen molar-refractivity contribution in [2.45, 2.75) is 38.9 Å². The van der Waals surface area contributed by atoms with Crippen molar-refractivity contribution in [3.8, 4) is 0 Å². The first-order valence-corrected chi connectivity index (χ1v) is 7.76. The number of aliphatic hydroxyl groups excluding tert-OH is 1. The van der Waals surface area contributed by atoms with Gasteiger partial charge in [-0.15, -0.1) is 0 Å². The third-order valence-corrected chi connectivity index (χ3v) is 4.56. The zero-order chi connectivity index (χ0) is 18.1. The van der Waals surface area contributed by atoms with Crippen molar-refractivity contribution < 1.29 is 23.9 Å². The minimum absolute atomic E-state index is 0.262. The average molecular weight is 333 g/mol. The zero-order valence-corrected chi connectivity index (χ0v) is 14.8. The topological polar surface area (TPSA) is 91.0 Å². The first-order chi connectivity index (χ1) is 11.1. The summed E-state index contributed by atoms with van der Waals surface area (Å²) in [7, 11) is 0.614. The summed E-state index contributed by atoms with van der Waals surface area (Å²) in [6.45, 7) is 7.48. The van der Waals surface area contributed by atoms with E-state index in [0.717, 1.165) is 0 Å². The van der Waals surface area contributed by atoms with Gasteiger partial charge in [0, 0.05) is 5.69 Å². The molecule has 3 N–H and O–H groups in total. The number of hydrogen-bond acceptors (Lipinski definition) is 6. The highest BCUT2D eigenvalue weighted by Gasteiger charge is 2.52. The molecule has 0 aromatic heterocycles. The SMILES string of the molecule is COC(=O)c1cc(N)ccc1C=C(CO)B1OC(C)(C)C(C)(C)O1. The van der Waals surface area contributed by atoms with Crippen molar-refractivity contribution in [2.24, 2.45) is 0 Å². The van der Waals surface area contributed by atoms with Gasteiger partial charge in [0.15, 0.2) is 0 Å². The number of nitrogen functional groups attached to an aromatic ring is 1. The molecule has 0 saturated carbocycles. The van der Waals surface area contributed by atoms with E-state index in [4.69, 9.17) is 19.8 Å². The number of anilines is 1. The normalized spacial score (nSPS) is 19.4. The minimum Gasteiger partial charge on any atom is -0.465 e. The van der Waals surface area contributed by atoms with Crippen molar-refractivity contribution in [3.63, 3.8) is 0 Å². The van der Waals surface area contributed by atoms with Crippen LogP contribution in [0.25, 0.3) is 6.08 Å². The Morgan fingerprint density at radius 3 is 2.38 bits per heavy atom. The monoisotopic (exact) mass is 333 g/mol. The molecule has 2 rings (SSSR count). The van der Waals surface area contributed by atoms with Gasteiger partial charge in [-0.1, -0.05) is 12.1 Å². The molecule has 24 heavy (non-hydrogen) atoms. The van der Waals surface area contributed by atoms with E-state index in [9.17, 15) is 9.90 Å². The van der Waals surface area contributed by atoms with Crippen LogP contribution in [0.4, 0.5) is 5.69 Å². The molecule has 0 spiro atoms. The Morgan fingerprint density at radius 2 is 1.88 bits per heavy atom. The molecule has 0 radical (unpaired) electrons. The zero-order valence-electron chi connectivity index (χ0n) is 14.8. The number of esters is 1. The van der Waals surface area contributed by atoms with Gasteiger partial charge in [-0.3, -0.25) is 0 Å². The second kappa shape index (κ2) is 6.59.